The molecule has 18 heavy (non-hydrogen) atoms. The van der Waals surface area contributed by atoms with Crippen LogP contribution in [0.5, 0.6) is 5.75 Å². The number of hydrogen-bond donors (Lipinski definition) is 1. The van der Waals surface area contributed by atoms with Crippen molar-refractivity contribution in [3.8, 4) is 5.75 Å². The van der Waals surface area contributed by atoms with E-state index < -0.39 is 10.0 Å². The molecule has 0 heterocycles. The molecule has 4 nitrogen and oxygen atoms in total. The molecule has 0 aromatic heterocycles. The molecule has 0 radical (unpaired) electrons. The quantitative estimate of drug-likeness (QED) is 0.814. The highest BCUT2D eigenvalue weighted by Gasteiger charge is 2.35. The third kappa shape index (κ3) is 3.17. The summed E-state index contributed by atoms with van der Waals surface area (Å²) in [5.74, 6) is 0.781. The van der Waals surface area contributed by atoms with Crippen molar-refractivity contribution in [1.29, 1.82) is 0 Å². The molecule has 0 spiro atoms. The molecular weight excluding hydrogens is 318 g/mol. The van der Waals surface area contributed by atoms with Crippen LogP contribution >= 0.6 is 15.9 Å². The highest BCUT2D eigenvalue weighted by atomic mass is 79.9. The van der Waals surface area contributed by atoms with E-state index in [0.717, 1.165) is 24.2 Å². The van der Waals surface area contributed by atoms with Crippen molar-refractivity contribution >= 4 is 31.6 Å². The summed E-state index contributed by atoms with van der Waals surface area (Å²) in [5, 5.41) is 0.415. The lowest BCUT2D eigenvalue weighted by Crippen LogP contribution is -2.17. The Morgan fingerprint density at radius 1 is 1.44 bits per heavy atom. The van der Waals surface area contributed by atoms with Crippen LogP contribution in [0.1, 0.15) is 25.3 Å². The number of alkyl halides is 1. The topological polar surface area (TPSA) is 55.4 Å². The van der Waals surface area contributed by atoms with Crippen LogP contribution in [0.2, 0.25) is 0 Å². The monoisotopic (exact) mass is 333 g/mol. The Labute approximate surface area is 116 Å². The zero-order valence-electron chi connectivity index (χ0n) is 10.1. The summed E-state index contributed by atoms with van der Waals surface area (Å²) in [7, 11) is -3.20. The van der Waals surface area contributed by atoms with Crippen LogP contribution in [0, 0.1) is 0 Å². The number of benzene rings is 1. The van der Waals surface area contributed by atoms with E-state index in [0.29, 0.717) is 17.6 Å². The van der Waals surface area contributed by atoms with Crippen LogP contribution in [0.3, 0.4) is 0 Å². The molecule has 2 rings (SSSR count). The molecule has 100 valence electrons. The first-order valence-electron chi connectivity index (χ1n) is 5.90. The molecule has 1 saturated carbocycles. The SMILES string of the molecule is CCOc1ccc(NS(=O)(=O)C2CC2)cc1CBr. The lowest BCUT2D eigenvalue weighted by Gasteiger charge is -2.12. The van der Waals surface area contributed by atoms with Crippen LogP contribution < -0.4 is 9.46 Å². The molecular formula is C12H16BrNO3S. The molecule has 6 heteroatoms. The molecule has 0 aliphatic heterocycles. The zero-order chi connectivity index (χ0) is 13.2. The Morgan fingerprint density at radius 2 is 2.17 bits per heavy atom. The van der Waals surface area contributed by atoms with Gasteiger partial charge >= 0.3 is 0 Å². The molecule has 1 aliphatic carbocycles. The maximum Gasteiger partial charge on any atom is 0.235 e. The van der Waals surface area contributed by atoms with Crippen LogP contribution in [-0.4, -0.2) is 20.3 Å². The smallest absolute Gasteiger partial charge is 0.235 e. The first kappa shape index (κ1) is 13.7. The van der Waals surface area contributed by atoms with Gasteiger partial charge in [-0.2, -0.15) is 0 Å². The maximum atomic E-state index is 11.8. The molecule has 1 aromatic rings. The van der Waals surface area contributed by atoms with Gasteiger partial charge in [0.1, 0.15) is 5.75 Å². The Hall–Kier alpha value is -0.750. The van der Waals surface area contributed by atoms with Crippen molar-refractivity contribution in [2.24, 2.45) is 0 Å². The minimum Gasteiger partial charge on any atom is -0.494 e. The van der Waals surface area contributed by atoms with E-state index in [1.165, 1.54) is 0 Å². The number of nitrogens with one attached hydrogen (secondary N) is 1. The van der Waals surface area contributed by atoms with Gasteiger partial charge in [-0.1, -0.05) is 15.9 Å². The summed E-state index contributed by atoms with van der Waals surface area (Å²) >= 11 is 3.38. The molecule has 1 N–H and O–H groups in total. The van der Waals surface area contributed by atoms with Crippen molar-refractivity contribution in [3.63, 3.8) is 0 Å². The molecule has 1 aliphatic rings. The summed E-state index contributed by atoms with van der Waals surface area (Å²) in [6.07, 6.45) is 1.52. The lowest BCUT2D eigenvalue weighted by molar-refractivity contribution is 0.338. The number of ether oxygens (including phenoxy) is 1. The second kappa shape index (κ2) is 5.48. The highest BCUT2D eigenvalue weighted by Crippen LogP contribution is 2.31. The minimum atomic E-state index is -3.20. The van der Waals surface area contributed by atoms with Crippen molar-refractivity contribution in [2.45, 2.75) is 30.3 Å². The van der Waals surface area contributed by atoms with Crippen molar-refractivity contribution in [2.75, 3.05) is 11.3 Å². The summed E-state index contributed by atoms with van der Waals surface area (Å²) in [4.78, 5) is 0. The van der Waals surface area contributed by atoms with Gasteiger partial charge in [0, 0.05) is 16.6 Å². The van der Waals surface area contributed by atoms with E-state index in [4.69, 9.17) is 4.74 Å². The van der Waals surface area contributed by atoms with Crippen LogP contribution in [0.25, 0.3) is 0 Å². The van der Waals surface area contributed by atoms with Crippen molar-refractivity contribution < 1.29 is 13.2 Å². The Morgan fingerprint density at radius 3 is 2.72 bits per heavy atom. The summed E-state index contributed by atoms with van der Waals surface area (Å²) in [6, 6.07) is 5.33. The van der Waals surface area contributed by atoms with E-state index in [9.17, 15) is 8.42 Å². The fourth-order valence-electron chi connectivity index (χ4n) is 1.67. The molecule has 0 atom stereocenters. The summed E-state index contributed by atoms with van der Waals surface area (Å²) in [6.45, 7) is 2.51. The second-order valence-corrected chi connectivity index (χ2v) is 6.76. The molecule has 1 aromatic carbocycles. The lowest BCUT2D eigenvalue weighted by atomic mass is 10.2. The number of rotatable bonds is 6. The Bertz CT molecular complexity index is 526. The predicted octanol–water partition coefficient (Wildman–Crippen LogP) is 2.88. The average Bonchev–Trinajstić information content (AvgIpc) is 3.15. The van der Waals surface area contributed by atoms with E-state index in [1.54, 1.807) is 18.2 Å². The number of hydrogen-bond acceptors (Lipinski definition) is 3. The third-order valence-electron chi connectivity index (χ3n) is 2.73. The first-order chi connectivity index (χ1) is 8.56. The highest BCUT2D eigenvalue weighted by molar-refractivity contribution is 9.08. The van der Waals surface area contributed by atoms with Gasteiger partial charge < -0.3 is 4.74 Å². The molecule has 0 amide bonds. The third-order valence-corrected chi connectivity index (χ3v) is 5.20. The van der Waals surface area contributed by atoms with Gasteiger partial charge in [-0.15, -0.1) is 0 Å². The minimum absolute atomic E-state index is 0.212. The van der Waals surface area contributed by atoms with E-state index in [1.807, 2.05) is 6.92 Å². The number of anilines is 1. The normalized spacial score (nSPS) is 15.4. The molecule has 0 unspecified atom stereocenters. The van der Waals surface area contributed by atoms with E-state index in [2.05, 4.69) is 20.7 Å². The largest absolute Gasteiger partial charge is 0.494 e. The van der Waals surface area contributed by atoms with Gasteiger partial charge in [0.2, 0.25) is 10.0 Å². The van der Waals surface area contributed by atoms with Crippen LogP contribution in [-0.2, 0) is 15.4 Å². The Balaban J connectivity index is 2.19. The predicted molar refractivity (Wildman–Crippen MR) is 75.8 cm³/mol. The standard InChI is InChI=1S/C12H16BrNO3S/c1-2-17-12-6-3-10(7-9(12)8-13)14-18(15,16)11-4-5-11/h3,6-7,11,14H,2,4-5,8H2,1H3. The van der Waals surface area contributed by atoms with Gasteiger partial charge in [-0.05, 0) is 38.0 Å². The molecule has 1 fully saturated rings. The average molecular weight is 334 g/mol. The first-order valence-corrected chi connectivity index (χ1v) is 8.57. The summed E-state index contributed by atoms with van der Waals surface area (Å²) < 4.78 is 31.7. The Kier molecular flexibility index (Phi) is 4.17. The van der Waals surface area contributed by atoms with Gasteiger partial charge in [-0.3, -0.25) is 4.72 Å². The molecule has 0 saturated heterocycles. The number of halogens is 1. The van der Waals surface area contributed by atoms with Gasteiger partial charge in [0.05, 0.1) is 11.9 Å². The fraction of sp³-hybridized carbons (Fsp3) is 0.500. The van der Waals surface area contributed by atoms with E-state index >= 15 is 0 Å². The van der Waals surface area contributed by atoms with Crippen molar-refractivity contribution in [3.05, 3.63) is 23.8 Å². The van der Waals surface area contributed by atoms with Gasteiger partial charge in [0.15, 0.2) is 0 Å². The van der Waals surface area contributed by atoms with E-state index in [-0.39, 0.29) is 5.25 Å². The second-order valence-electron chi connectivity index (χ2n) is 4.24. The van der Waals surface area contributed by atoms with Crippen molar-refractivity contribution in [1.82, 2.24) is 0 Å². The maximum absolute atomic E-state index is 11.8. The fourth-order valence-corrected chi connectivity index (χ4v) is 3.49. The van der Waals surface area contributed by atoms with Crippen LogP contribution in [0.4, 0.5) is 5.69 Å². The number of sulfonamides is 1. The van der Waals surface area contributed by atoms with Crippen LogP contribution in [0.15, 0.2) is 18.2 Å². The van der Waals surface area contributed by atoms with Gasteiger partial charge in [-0.25, -0.2) is 8.42 Å². The van der Waals surface area contributed by atoms with Gasteiger partial charge in [0.25, 0.3) is 0 Å². The molecule has 0 bridgehead atoms. The zero-order valence-corrected chi connectivity index (χ0v) is 12.6. The summed E-state index contributed by atoms with van der Waals surface area (Å²) in [5.41, 5.74) is 1.53.